The lowest BCUT2D eigenvalue weighted by atomic mass is 10.1. The van der Waals surface area contributed by atoms with Crippen LogP contribution in [0.1, 0.15) is 40.0 Å². The fourth-order valence-electron chi connectivity index (χ4n) is 6.96. The number of benzene rings is 3. The molecular formula is C42H47N5O10S. The number of sulfonamides is 1. The predicted molar refractivity (Wildman–Crippen MR) is 214 cm³/mol. The second-order valence-electron chi connectivity index (χ2n) is 15.2. The van der Waals surface area contributed by atoms with Gasteiger partial charge in [-0.3, -0.25) is 14.4 Å². The molecule has 1 aliphatic heterocycles. The minimum atomic E-state index is -4.30. The zero-order valence-electron chi connectivity index (χ0n) is 32.6. The summed E-state index contributed by atoms with van der Waals surface area (Å²) >= 11 is 0. The number of aliphatic hydroxyl groups is 1. The Morgan fingerprint density at radius 2 is 1.72 bits per heavy atom. The number of ether oxygens (including phenoxy) is 3. The molecule has 0 spiro atoms. The van der Waals surface area contributed by atoms with Crippen LogP contribution in [-0.4, -0.2) is 96.8 Å². The Bertz CT molecular complexity index is 2300. The van der Waals surface area contributed by atoms with Crippen molar-refractivity contribution in [2.75, 3.05) is 20.3 Å². The number of nitrogens with one attached hydrogen (secondary N) is 3. The van der Waals surface area contributed by atoms with Crippen LogP contribution in [0.5, 0.6) is 11.5 Å². The average molecular weight is 814 g/mol. The Kier molecular flexibility index (Phi) is 12.1. The van der Waals surface area contributed by atoms with Gasteiger partial charge in [0.2, 0.25) is 11.8 Å². The highest BCUT2D eigenvalue weighted by atomic mass is 32.2. The van der Waals surface area contributed by atoms with Crippen LogP contribution >= 0.6 is 0 Å². The molecule has 4 amide bonds. The van der Waals surface area contributed by atoms with Gasteiger partial charge in [0.05, 0.1) is 29.8 Å². The summed E-state index contributed by atoms with van der Waals surface area (Å²) < 4.78 is 45.9. The zero-order valence-corrected chi connectivity index (χ0v) is 33.5. The maximum Gasteiger partial charge on any atom is 0.408 e. The number of carbonyl (C=O) groups excluding carboxylic acids is 4. The standard InChI is InChI=1S/C42H47N5O10S/c1-6-27-24-42(27,39(51)46-58(53,54)30-15-11-8-12-16-30)45-37(49)35-22-29(25-47(35)38(50)32(19-20-48)44-40(52)57-41(2,3)4)56-36-23-33(26-13-9-7-10-14-26)43-34-21-28(55-5)17-18-31(34)36/h6-18,21,23,27,29,32,35,48H,1,19-20,22,24-25H2,2-5H3,(H,44,52)(H,45,49)(H,46,51)/t27-,29-,32-,35+,42-/m1/s1. The van der Waals surface area contributed by atoms with Gasteiger partial charge in [0.25, 0.3) is 15.9 Å². The first-order chi connectivity index (χ1) is 27.6. The van der Waals surface area contributed by atoms with Gasteiger partial charge in [-0.25, -0.2) is 22.9 Å². The first kappa shape index (κ1) is 41.6. The third kappa shape index (κ3) is 9.24. The van der Waals surface area contributed by atoms with Gasteiger partial charge in [-0.05, 0) is 57.9 Å². The van der Waals surface area contributed by atoms with Crippen LogP contribution in [0.15, 0.2) is 102 Å². The Labute approximate surface area is 336 Å². The quantitative estimate of drug-likeness (QED) is 0.134. The van der Waals surface area contributed by atoms with E-state index in [1.807, 2.05) is 30.3 Å². The van der Waals surface area contributed by atoms with E-state index in [2.05, 4.69) is 21.9 Å². The van der Waals surface area contributed by atoms with Crippen LogP contribution in [0.4, 0.5) is 4.79 Å². The van der Waals surface area contributed by atoms with Gasteiger partial charge >= 0.3 is 6.09 Å². The first-order valence-corrected chi connectivity index (χ1v) is 20.2. The number of carbonyl (C=O) groups is 4. The Morgan fingerprint density at radius 3 is 2.34 bits per heavy atom. The molecule has 2 heterocycles. The predicted octanol–water partition coefficient (Wildman–Crippen LogP) is 4.10. The SMILES string of the molecule is C=C[C@@H]1C[C@]1(NC(=O)[C@@H]1C[C@@H](Oc2cc(-c3ccccc3)nc3cc(OC)ccc23)CN1C(=O)[C@@H](CCO)NC(=O)OC(C)(C)C)C(=O)NS(=O)(=O)c1ccccc1. The number of fused-ring (bicyclic) bond motifs is 1. The molecule has 58 heavy (non-hydrogen) atoms. The number of alkyl carbamates (subject to hydrolysis) is 1. The summed E-state index contributed by atoms with van der Waals surface area (Å²) in [7, 11) is -2.76. The van der Waals surface area contributed by atoms with E-state index in [9.17, 15) is 32.7 Å². The molecule has 16 heteroatoms. The van der Waals surface area contributed by atoms with Crippen molar-refractivity contribution >= 4 is 44.7 Å². The second kappa shape index (κ2) is 16.8. The summed E-state index contributed by atoms with van der Waals surface area (Å²) in [6.07, 6.45) is -0.454. The minimum Gasteiger partial charge on any atom is -0.497 e. The lowest BCUT2D eigenvalue weighted by molar-refractivity contribution is -0.141. The van der Waals surface area contributed by atoms with Gasteiger partial charge in [-0.15, -0.1) is 6.58 Å². The van der Waals surface area contributed by atoms with Crippen molar-refractivity contribution in [3.05, 3.63) is 97.6 Å². The number of hydrogen-bond donors (Lipinski definition) is 4. The van der Waals surface area contributed by atoms with Gasteiger partial charge < -0.3 is 34.9 Å². The summed E-state index contributed by atoms with van der Waals surface area (Å²) in [6.45, 7) is 8.13. The van der Waals surface area contributed by atoms with E-state index >= 15 is 0 Å². The molecule has 1 saturated carbocycles. The molecule has 15 nitrogen and oxygen atoms in total. The molecule has 3 aromatic carbocycles. The largest absolute Gasteiger partial charge is 0.497 e. The van der Waals surface area contributed by atoms with E-state index < -0.39 is 75.7 Å². The molecule has 5 atom stereocenters. The summed E-state index contributed by atoms with van der Waals surface area (Å²) in [4.78, 5) is 61.3. The van der Waals surface area contributed by atoms with E-state index in [1.165, 1.54) is 35.2 Å². The molecule has 0 unspecified atom stereocenters. The van der Waals surface area contributed by atoms with Gasteiger partial charge in [0, 0.05) is 42.0 Å². The number of methoxy groups -OCH3 is 1. The van der Waals surface area contributed by atoms with E-state index in [-0.39, 0.29) is 30.7 Å². The second-order valence-corrected chi connectivity index (χ2v) is 16.9. The molecule has 1 aromatic heterocycles. The minimum absolute atomic E-state index is 0.0566. The van der Waals surface area contributed by atoms with Crippen molar-refractivity contribution in [1.82, 2.24) is 25.2 Å². The third-order valence-corrected chi connectivity index (χ3v) is 11.3. The highest BCUT2D eigenvalue weighted by molar-refractivity contribution is 7.90. The van der Waals surface area contributed by atoms with Gasteiger partial charge in [-0.1, -0.05) is 54.6 Å². The Hall–Kier alpha value is -6.00. The number of amides is 4. The van der Waals surface area contributed by atoms with Crippen molar-refractivity contribution in [2.45, 2.75) is 74.3 Å². The number of nitrogens with zero attached hydrogens (tertiary/aromatic N) is 2. The van der Waals surface area contributed by atoms with Gasteiger partial charge in [0.1, 0.15) is 40.8 Å². The summed E-state index contributed by atoms with van der Waals surface area (Å²) in [5.41, 5.74) is -0.585. The van der Waals surface area contributed by atoms with Crippen LogP contribution in [0.25, 0.3) is 22.2 Å². The van der Waals surface area contributed by atoms with Crippen LogP contribution in [0.2, 0.25) is 0 Å². The number of aliphatic hydroxyl groups excluding tert-OH is 1. The third-order valence-electron chi connectivity index (χ3n) is 9.93. The fraction of sp³-hybridized carbons (Fsp3) is 0.357. The van der Waals surface area contributed by atoms with Crippen LogP contribution < -0.4 is 24.8 Å². The van der Waals surface area contributed by atoms with Crippen molar-refractivity contribution in [3.63, 3.8) is 0 Å². The van der Waals surface area contributed by atoms with Crippen molar-refractivity contribution in [1.29, 1.82) is 0 Å². The molecule has 0 bridgehead atoms. The highest BCUT2D eigenvalue weighted by Gasteiger charge is 2.61. The molecule has 1 saturated heterocycles. The molecule has 2 fully saturated rings. The smallest absolute Gasteiger partial charge is 0.408 e. The molecule has 6 rings (SSSR count). The number of likely N-dealkylation sites (tertiary alicyclic amines) is 1. The maximum absolute atomic E-state index is 14.4. The lowest BCUT2D eigenvalue weighted by Gasteiger charge is -2.30. The molecule has 306 valence electrons. The summed E-state index contributed by atoms with van der Waals surface area (Å²) in [6, 6.07) is 21.3. The lowest BCUT2D eigenvalue weighted by Crippen LogP contribution is -2.58. The van der Waals surface area contributed by atoms with Crippen molar-refractivity contribution < 1.29 is 46.9 Å². The number of rotatable bonds is 14. The summed E-state index contributed by atoms with van der Waals surface area (Å²) in [5.74, 6) is -2.06. The molecule has 4 aromatic rings. The van der Waals surface area contributed by atoms with Crippen molar-refractivity contribution in [3.8, 4) is 22.8 Å². The van der Waals surface area contributed by atoms with Crippen molar-refractivity contribution in [2.24, 2.45) is 5.92 Å². The van der Waals surface area contributed by atoms with E-state index in [0.717, 1.165) is 5.56 Å². The maximum atomic E-state index is 14.4. The molecular weight excluding hydrogens is 767 g/mol. The first-order valence-electron chi connectivity index (χ1n) is 18.8. The molecule has 0 radical (unpaired) electrons. The van der Waals surface area contributed by atoms with E-state index in [0.29, 0.717) is 28.1 Å². The van der Waals surface area contributed by atoms with Gasteiger partial charge in [-0.2, -0.15) is 0 Å². The van der Waals surface area contributed by atoms with E-state index in [1.54, 1.807) is 58.2 Å². The molecule has 2 aliphatic rings. The van der Waals surface area contributed by atoms with Gasteiger partial charge in [0.15, 0.2) is 0 Å². The average Bonchev–Trinajstić information content (AvgIpc) is 3.75. The highest BCUT2D eigenvalue weighted by Crippen LogP contribution is 2.45. The fourth-order valence-corrected chi connectivity index (χ4v) is 8.02. The normalized spacial score (nSPS) is 20.7. The van der Waals surface area contributed by atoms with Crippen LogP contribution in [0.3, 0.4) is 0 Å². The topological polar surface area (TPSA) is 203 Å². The Balaban J connectivity index is 1.33. The molecule has 4 N–H and O–H groups in total. The van der Waals surface area contributed by atoms with Crippen LogP contribution in [-0.2, 0) is 29.1 Å². The monoisotopic (exact) mass is 813 g/mol. The molecule has 1 aliphatic carbocycles. The van der Waals surface area contributed by atoms with E-state index in [4.69, 9.17) is 19.2 Å². The number of pyridine rings is 1. The summed E-state index contributed by atoms with van der Waals surface area (Å²) in [5, 5.41) is 15.8. The number of aromatic nitrogens is 1. The van der Waals surface area contributed by atoms with Crippen LogP contribution in [0, 0.1) is 5.92 Å². The Morgan fingerprint density at radius 1 is 1.03 bits per heavy atom. The number of hydrogen-bond acceptors (Lipinski definition) is 11. The zero-order chi connectivity index (χ0) is 41.8.